The van der Waals surface area contributed by atoms with Crippen molar-refractivity contribution in [3.05, 3.63) is 47.2 Å². The minimum Gasteiger partial charge on any atom is -0.326 e. The Labute approximate surface area is 126 Å². The summed E-state index contributed by atoms with van der Waals surface area (Å²) in [4.78, 5) is 12.2. The van der Waals surface area contributed by atoms with E-state index < -0.39 is 6.17 Å². The van der Waals surface area contributed by atoms with Crippen LogP contribution in [0.2, 0.25) is 0 Å². The zero-order valence-corrected chi connectivity index (χ0v) is 13.2. The lowest BCUT2D eigenvalue weighted by atomic mass is 9.87. The third-order valence-electron chi connectivity index (χ3n) is 4.10. The molecule has 1 aromatic rings. The SMILES string of the molecule is CCC1CC(NC(=O)c2ccc(C(C)(C)C)cc2)=CC1F. The zero-order chi connectivity index (χ0) is 15.6. The minimum atomic E-state index is -0.937. The summed E-state index contributed by atoms with van der Waals surface area (Å²) in [5.41, 5.74) is 2.58. The topological polar surface area (TPSA) is 29.1 Å². The van der Waals surface area contributed by atoms with E-state index >= 15 is 0 Å². The predicted octanol–water partition coefficient (Wildman–Crippen LogP) is 4.37. The molecule has 0 aromatic heterocycles. The molecule has 0 fully saturated rings. The van der Waals surface area contributed by atoms with Gasteiger partial charge in [0.05, 0.1) is 0 Å². The quantitative estimate of drug-likeness (QED) is 0.879. The average Bonchev–Trinajstić information content (AvgIpc) is 2.78. The van der Waals surface area contributed by atoms with Crippen LogP contribution < -0.4 is 5.32 Å². The van der Waals surface area contributed by atoms with E-state index in [1.165, 1.54) is 11.6 Å². The average molecular weight is 289 g/mol. The number of hydrogen-bond acceptors (Lipinski definition) is 1. The molecule has 1 aliphatic rings. The summed E-state index contributed by atoms with van der Waals surface area (Å²) in [6, 6.07) is 7.61. The van der Waals surface area contributed by atoms with Crippen molar-refractivity contribution >= 4 is 5.91 Å². The van der Waals surface area contributed by atoms with Gasteiger partial charge in [-0.05, 0) is 47.9 Å². The number of amides is 1. The Morgan fingerprint density at radius 1 is 1.29 bits per heavy atom. The monoisotopic (exact) mass is 289 g/mol. The lowest BCUT2D eigenvalue weighted by Crippen LogP contribution is -2.22. The molecule has 0 radical (unpaired) electrons. The third kappa shape index (κ3) is 3.72. The van der Waals surface area contributed by atoms with E-state index in [1.807, 2.05) is 31.2 Å². The Balaban J connectivity index is 2.03. The van der Waals surface area contributed by atoms with Gasteiger partial charge < -0.3 is 5.32 Å². The molecule has 1 N–H and O–H groups in total. The summed E-state index contributed by atoms with van der Waals surface area (Å²) in [6.07, 6.45) is 2.00. The lowest BCUT2D eigenvalue weighted by molar-refractivity contribution is 0.0964. The Bertz CT molecular complexity index is 539. The summed E-state index contributed by atoms with van der Waals surface area (Å²) in [7, 11) is 0. The molecule has 2 atom stereocenters. The van der Waals surface area contributed by atoms with Crippen LogP contribution in [0.3, 0.4) is 0 Å². The van der Waals surface area contributed by atoms with Gasteiger partial charge in [-0.15, -0.1) is 0 Å². The van der Waals surface area contributed by atoms with E-state index in [0.717, 1.165) is 6.42 Å². The van der Waals surface area contributed by atoms with Crippen molar-refractivity contribution in [2.24, 2.45) is 5.92 Å². The summed E-state index contributed by atoms with van der Waals surface area (Å²) in [6.45, 7) is 8.38. The molecule has 2 unspecified atom stereocenters. The van der Waals surface area contributed by atoms with E-state index in [9.17, 15) is 9.18 Å². The van der Waals surface area contributed by atoms with E-state index in [-0.39, 0.29) is 17.2 Å². The maximum Gasteiger partial charge on any atom is 0.255 e. The second kappa shape index (κ2) is 6.00. The molecule has 3 heteroatoms. The predicted molar refractivity (Wildman–Crippen MR) is 84.0 cm³/mol. The van der Waals surface area contributed by atoms with Crippen molar-refractivity contribution in [3.8, 4) is 0 Å². The van der Waals surface area contributed by atoms with Crippen LogP contribution in [0.4, 0.5) is 4.39 Å². The number of rotatable bonds is 3. The molecule has 0 saturated heterocycles. The Morgan fingerprint density at radius 3 is 2.38 bits per heavy atom. The molecule has 1 aromatic carbocycles. The zero-order valence-electron chi connectivity index (χ0n) is 13.2. The fourth-order valence-corrected chi connectivity index (χ4v) is 2.59. The maximum absolute atomic E-state index is 13.6. The van der Waals surface area contributed by atoms with Crippen molar-refractivity contribution in [2.45, 2.75) is 52.1 Å². The first-order valence-electron chi connectivity index (χ1n) is 7.58. The van der Waals surface area contributed by atoms with Crippen molar-refractivity contribution in [1.29, 1.82) is 0 Å². The number of benzene rings is 1. The van der Waals surface area contributed by atoms with Gasteiger partial charge in [0.25, 0.3) is 5.91 Å². The number of carbonyl (C=O) groups is 1. The van der Waals surface area contributed by atoms with Crippen LogP contribution in [-0.2, 0) is 5.41 Å². The molecule has 114 valence electrons. The largest absolute Gasteiger partial charge is 0.326 e. The number of carbonyl (C=O) groups excluding carboxylic acids is 1. The fourth-order valence-electron chi connectivity index (χ4n) is 2.59. The Hall–Kier alpha value is -1.64. The van der Waals surface area contributed by atoms with Crippen LogP contribution in [0.1, 0.15) is 56.5 Å². The van der Waals surface area contributed by atoms with Gasteiger partial charge in [-0.2, -0.15) is 0 Å². The molecular weight excluding hydrogens is 265 g/mol. The van der Waals surface area contributed by atoms with Crippen molar-refractivity contribution in [2.75, 3.05) is 0 Å². The number of hydrogen-bond donors (Lipinski definition) is 1. The molecule has 0 aliphatic heterocycles. The van der Waals surface area contributed by atoms with Gasteiger partial charge >= 0.3 is 0 Å². The summed E-state index contributed by atoms with van der Waals surface area (Å²) >= 11 is 0. The number of halogens is 1. The molecule has 2 nitrogen and oxygen atoms in total. The van der Waals surface area contributed by atoms with Gasteiger partial charge in [0.1, 0.15) is 6.17 Å². The number of alkyl halides is 1. The van der Waals surface area contributed by atoms with Gasteiger partial charge in [0, 0.05) is 11.3 Å². The van der Waals surface area contributed by atoms with E-state index in [2.05, 4.69) is 26.1 Å². The van der Waals surface area contributed by atoms with Crippen LogP contribution in [0, 0.1) is 5.92 Å². The van der Waals surface area contributed by atoms with Gasteiger partial charge in [-0.3, -0.25) is 4.79 Å². The van der Waals surface area contributed by atoms with Crippen LogP contribution in [0.25, 0.3) is 0 Å². The molecule has 0 heterocycles. The number of nitrogens with one attached hydrogen (secondary N) is 1. The van der Waals surface area contributed by atoms with Crippen LogP contribution >= 0.6 is 0 Å². The molecule has 0 spiro atoms. The summed E-state index contributed by atoms with van der Waals surface area (Å²) in [5.74, 6) is -0.158. The molecule has 0 saturated carbocycles. The number of allylic oxidation sites excluding steroid dienone is 2. The molecule has 21 heavy (non-hydrogen) atoms. The first kappa shape index (κ1) is 15.7. The van der Waals surface area contributed by atoms with Crippen molar-refractivity contribution < 1.29 is 9.18 Å². The third-order valence-corrected chi connectivity index (χ3v) is 4.10. The van der Waals surface area contributed by atoms with Gasteiger partial charge in [0.15, 0.2) is 0 Å². The van der Waals surface area contributed by atoms with Crippen LogP contribution in [0.15, 0.2) is 36.0 Å². The summed E-state index contributed by atoms with van der Waals surface area (Å²) < 4.78 is 13.6. The fraction of sp³-hybridized carbons (Fsp3) is 0.500. The highest BCUT2D eigenvalue weighted by Crippen LogP contribution is 2.29. The second-order valence-electron chi connectivity index (χ2n) is 6.79. The smallest absolute Gasteiger partial charge is 0.255 e. The second-order valence-corrected chi connectivity index (χ2v) is 6.79. The van der Waals surface area contributed by atoms with E-state index in [1.54, 1.807) is 0 Å². The van der Waals surface area contributed by atoms with Gasteiger partial charge in [-0.1, -0.05) is 39.8 Å². The molecule has 2 rings (SSSR count). The minimum absolute atomic E-state index is 0.00330. The van der Waals surface area contributed by atoms with Crippen molar-refractivity contribution in [1.82, 2.24) is 5.32 Å². The van der Waals surface area contributed by atoms with Gasteiger partial charge in [0.2, 0.25) is 0 Å². The Kier molecular flexibility index (Phi) is 4.50. The standard InChI is InChI=1S/C18H24FNO/c1-5-12-10-15(11-16(12)19)20-17(21)13-6-8-14(9-7-13)18(2,3)4/h6-9,11-12,16H,5,10H2,1-4H3,(H,20,21). The summed E-state index contributed by atoms with van der Waals surface area (Å²) in [5, 5.41) is 2.83. The molecule has 1 aliphatic carbocycles. The van der Waals surface area contributed by atoms with Gasteiger partial charge in [-0.25, -0.2) is 4.39 Å². The highest BCUT2D eigenvalue weighted by atomic mass is 19.1. The van der Waals surface area contributed by atoms with Crippen LogP contribution in [-0.4, -0.2) is 12.1 Å². The first-order valence-corrected chi connectivity index (χ1v) is 7.58. The first-order chi connectivity index (χ1) is 9.81. The maximum atomic E-state index is 13.6. The normalized spacial score (nSPS) is 22.0. The molecular formula is C18H24FNO. The lowest BCUT2D eigenvalue weighted by Gasteiger charge is -2.19. The molecule has 0 bridgehead atoms. The van der Waals surface area contributed by atoms with Crippen LogP contribution in [0.5, 0.6) is 0 Å². The van der Waals surface area contributed by atoms with E-state index in [0.29, 0.717) is 17.7 Å². The van der Waals surface area contributed by atoms with Crippen molar-refractivity contribution in [3.63, 3.8) is 0 Å². The van der Waals surface area contributed by atoms with E-state index in [4.69, 9.17) is 0 Å². The highest BCUT2D eigenvalue weighted by Gasteiger charge is 2.26. The molecule has 1 amide bonds. The Morgan fingerprint density at radius 2 is 1.90 bits per heavy atom. The highest BCUT2D eigenvalue weighted by molar-refractivity contribution is 5.95.